The van der Waals surface area contributed by atoms with Crippen LogP contribution >= 0.6 is 0 Å². The van der Waals surface area contributed by atoms with Gasteiger partial charge in [-0.3, -0.25) is 0 Å². The average molecular weight is 348 g/mol. The smallest absolute Gasteiger partial charge is 0.119 e. The standard InChI is InChI=1S/C21H24N4O/c1-26-20-7-6-16-10-18(5-4-17(16)11-20)21-14-25(23-22-21)19-9-15-3-2-8-24(12-15)13-19/h4-7,10-11,14-15,19H,2-3,8-9,12-13H2,1H3. The van der Waals surface area contributed by atoms with Crippen LogP contribution in [0.25, 0.3) is 22.0 Å². The van der Waals surface area contributed by atoms with Gasteiger partial charge in [0, 0.05) is 18.7 Å². The molecule has 2 aliphatic heterocycles. The molecule has 0 N–H and O–H groups in total. The van der Waals surface area contributed by atoms with Crippen LogP contribution in [0.3, 0.4) is 0 Å². The van der Waals surface area contributed by atoms with E-state index in [9.17, 15) is 0 Å². The maximum Gasteiger partial charge on any atom is 0.119 e. The van der Waals surface area contributed by atoms with Crippen molar-refractivity contribution in [3.8, 4) is 17.0 Å². The molecule has 3 heterocycles. The molecule has 2 aromatic carbocycles. The molecule has 0 aliphatic carbocycles. The van der Waals surface area contributed by atoms with Crippen molar-refractivity contribution < 1.29 is 4.74 Å². The molecular formula is C21H24N4O. The summed E-state index contributed by atoms with van der Waals surface area (Å²) >= 11 is 0. The highest BCUT2D eigenvalue weighted by molar-refractivity contribution is 5.87. The second-order valence-electron chi connectivity index (χ2n) is 7.67. The van der Waals surface area contributed by atoms with Crippen molar-refractivity contribution in [3.63, 3.8) is 0 Å². The van der Waals surface area contributed by atoms with Crippen LogP contribution in [0.15, 0.2) is 42.6 Å². The van der Waals surface area contributed by atoms with E-state index in [0.29, 0.717) is 6.04 Å². The summed E-state index contributed by atoms with van der Waals surface area (Å²) in [7, 11) is 1.70. The van der Waals surface area contributed by atoms with Gasteiger partial charge in [0.05, 0.1) is 19.3 Å². The minimum atomic E-state index is 0.458. The van der Waals surface area contributed by atoms with E-state index in [0.717, 1.165) is 29.5 Å². The lowest BCUT2D eigenvalue weighted by atomic mass is 9.87. The molecule has 0 saturated carbocycles. The van der Waals surface area contributed by atoms with Crippen LogP contribution in [0.5, 0.6) is 5.75 Å². The summed E-state index contributed by atoms with van der Waals surface area (Å²) in [6, 6.07) is 13.0. The van der Waals surface area contributed by atoms with E-state index in [-0.39, 0.29) is 0 Å². The fourth-order valence-electron chi connectivity index (χ4n) is 4.56. The lowest BCUT2D eigenvalue weighted by Gasteiger charge is -2.41. The van der Waals surface area contributed by atoms with E-state index in [1.807, 2.05) is 6.07 Å². The zero-order valence-electron chi connectivity index (χ0n) is 15.1. The fourth-order valence-corrected chi connectivity index (χ4v) is 4.56. The lowest BCUT2D eigenvalue weighted by molar-refractivity contribution is 0.0808. The third-order valence-electron chi connectivity index (χ3n) is 5.91. The minimum absolute atomic E-state index is 0.458. The molecule has 5 nitrogen and oxygen atoms in total. The normalized spacial score (nSPS) is 25.3. The van der Waals surface area contributed by atoms with Crippen LogP contribution in [-0.4, -0.2) is 46.6 Å². The average Bonchev–Trinajstić information content (AvgIpc) is 3.17. The lowest BCUT2D eigenvalue weighted by Crippen LogP contribution is -2.45. The third-order valence-corrected chi connectivity index (χ3v) is 5.91. The van der Waals surface area contributed by atoms with Crippen LogP contribution in [0.1, 0.15) is 25.3 Å². The summed E-state index contributed by atoms with van der Waals surface area (Å²) in [6.07, 6.45) is 6.07. The number of hydrogen-bond acceptors (Lipinski definition) is 4. The van der Waals surface area contributed by atoms with Crippen molar-refractivity contribution >= 4 is 10.8 Å². The molecule has 0 amide bonds. The summed E-state index contributed by atoms with van der Waals surface area (Å²) in [5.74, 6) is 1.71. The first kappa shape index (κ1) is 15.8. The van der Waals surface area contributed by atoms with Crippen LogP contribution in [-0.2, 0) is 0 Å². The quantitative estimate of drug-likeness (QED) is 0.723. The van der Waals surface area contributed by atoms with Gasteiger partial charge in [0.15, 0.2) is 0 Å². The predicted molar refractivity (Wildman–Crippen MR) is 102 cm³/mol. The second kappa shape index (κ2) is 6.40. The zero-order chi connectivity index (χ0) is 17.5. The molecule has 2 saturated heterocycles. The molecule has 5 heteroatoms. The Labute approximate surface area is 153 Å². The van der Waals surface area contributed by atoms with Crippen LogP contribution < -0.4 is 4.74 Å². The topological polar surface area (TPSA) is 43.2 Å². The Kier molecular flexibility index (Phi) is 3.89. The van der Waals surface area contributed by atoms with Gasteiger partial charge in [0.25, 0.3) is 0 Å². The van der Waals surface area contributed by atoms with Gasteiger partial charge in [-0.05, 0) is 60.7 Å². The highest BCUT2D eigenvalue weighted by atomic mass is 16.5. The zero-order valence-corrected chi connectivity index (χ0v) is 15.1. The van der Waals surface area contributed by atoms with Crippen molar-refractivity contribution in [2.24, 2.45) is 5.92 Å². The molecule has 134 valence electrons. The molecule has 2 bridgehead atoms. The molecule has 0 spiro atoms. The number of hydrogen-bond donors (Lipinski definition) is 0. The van der Waals surface area contributed by atoms with Gasteiger partial charge < -0.3 is 9.64 Å². The number of benzene rings is 2. The summed E-state index contributed by atoms with van der Waals surface area (Å²) in [6.45, 7) is 3.62. The van der Waals surface area contributed by atoms with E-state index in [1.165, 1.54) is 43.1 Å². The number of methoxy groups -OCH3 is 1. The van der Waals surface area contributed by atoms with E-state index < -0.39 is 0 Å². The molecule has 1 aromatic heterocycles. The first-order valence-electron chi connectivity index (χ1n) is 9.51. The summed E-state index contributed by atoms with van der Waals surface area (Å²) < 4.78 is 7.40. The van der Waals surface area contributed by atoms with Crippen LogP contribution in [0.2, 0.25) is 0 Å². The Morgan fingerprint density at radius 1 is 1.08 bits per heavy atom. The van der Waals surface area contributed by atoms with E-state index in [1.54, 1.807) is 7.11 Å². The summed E-state index contributed by atoms with van der Waals surface area (Å²) in [5, 5.41) is 11.3. The SMILES string of the molecule is COc1ccc2cc(-c3cn(C4CC5CCCN(C5)C4)nn3)ccc2c1. The van der Waals surface area contributed by atoms with Crippen molar-refractivity contribution in [1.29, 1.82) is 0 Å². The summed E-state index contributed by atoms with van der Waals surface area (Å²) in [4.78, 5) is 2.59. The first-order chi connectivity index (χ1) is 12.8. The maximum atomic E-state index is 5.31. The first-order valence-corrected chi connectivity index (χ1v) is 9.51. The van der Waals surface area contributed by atoms with Crippen molar-refractivity contribution in [2.75, 3.05) is 26.7 Å². The second-order valence-corrected chi connectivity index (χ2v) is 7.67. The molecule has 3 unspecified atom stereocenters. The van der Waals surface area contributed by atoms with Gasteiger partial charge in [-0.2, -0.15) is 0 Å². The van der Waals surface area contributed by atoms with Crippen molar-refractivity contribution in [2.45, 2.75) is 25.3 Å². The van der Waals surface area contributed by atoms with Gasteiger partial charge >= 0.3 is 0 Å². The molecule has 2 fully saturated rings. The number of ether oxygens (including phenoxy) is 1. The third kappa shape index (κ3) is 2.86. The highest BCUT2D eigenvalue weighted by Gasteiger charge is 2.31. The number of piperidine rings is 2. The Hall–Kier alpha value is -2.40. The molecule has 5 rings (SSSR count). The van der Waals surface area contributed by atoms with Gasteiger partial charge in [-0.1, -0.05) is 23.4 Å². The Morgan fingerprint density at radius 3 is 2.85 bits per heavy atom. The molecule has 0 radical (unpaired) electrons. The molecule has 26 heavy (non-hydrogen) atoms. The largest absolute Gasteiger partial charge is 0.497 e. The highest BCUT2D eigenvalue weighted by Crippen LogP contribution is 2.33. The molecule has 3 aromatic rings. The van der Waals surface area contributed by atoms with E-state index in [4.69, 9.17) is 4.74 Å². The monoisotopic (exact) mass is 348 g/mol. The van der Waals surface area contributed by atoms with Crippen LogP contribution in [0, 0.1) is 5.92 Å². The number of fused-ring (bicyclic) bond motifs is 3. The van der Waals surface area contributed by atoms with Gasteiger partial charge in [0.2, 0.25) is 0 Å². The summed E-state index contributed by atoms with van der Waals surface area (Å²) in [5.41, 5.74) is 2.07. The molecule has 3 atom stereocenters. The van der Waals surface area contributed by atoms with Crippen LogP contribution in [0.4, 0.5) is 0 Å². The number of nitrogens with zero attached hydrogens (tertiary/aromatic N) is 4. The Balaban J connectivity index is 1.42. The van der Waals surface area contributed by atoms with E-state index in [2.05, 4.69) is 56.4 Å². The number of rotatable bonds is 3. The van der Waals surface area contributed by atoms with E-state index >= 15 is 0 Å². The predicted octanol–water partition coefficient (Wildman–Crippen LogP) is 3.76. The van der Waals surface area contributed by atoms with Gasteiger partial charge in [0.1, 0.15) is 11.4 Å². The van der Waals surface area contributed by atoms with Gasteiger partial charge in [-0.25, -0.2) is 4.68 Å². The molecular weight excluding hydrogens is 324 g/mol. The van der Waals surface area contributed by atoms with Gasteiger partial charge in [-0.15, -0.1) is 5.10 Å². The fraction of sp³-hybridized carbons (Fsp3) is 0.429. The number of aromatic nitrogens is 3. The maximum absolute atomic E-state index is 5.31. The minimum Gasteiger partial charge on any atom is -0.497 e. The Morgan fingerprint density at radius 2 is 1.96 bits per heavy atom. The van der Waals surface area contributed by atoms with Crippen molar-refractivity contribution in [1.82, 2.24) is 19.9 Å². The Bertz CT molecular complexity index is 923. The van der Waals surface area contributed by atoms with Crippen molar-refractivity contribution in [3.05, 3.63) is 42.6 Å². The molecule has 2 aliphatic rings.